The highest BCUT2D eigenvalue weighted by Crippen LogP contribution is 2.32. The van der Waals surface area contributed by atoms with Gasteiger partial charge in [0.05, 0.1) is 22.3 Å². The van der Waals surface area contributed by atoms with Crippen LogP contribution < -0.4 is 4.74 Å². The summed E-state index contributed by atoms with van der Waals surface area (Å²) in [5.41, 5.74) is 1.08. The van der Waals surface area contributed by atoms with Gasteiger partial charge < -0.3 is 9.84 Å². The second-order valence-electron chi connectivity index (χ2n) is 5.76. The molecule has 0 fully saturated rings. The molecule has 0 saturated carbocycles. The topological polar surface area (TPSA) is 81.0 Å². The number of hydrogen-bond donors (Lipinski definition) is 1. The molecule has 28 heavy (non-hydrogen) atoms. The van der Waals surface area contributed by atoms with Gasteiger partial charge in [-0.1, -0.05) is 24.3 Å². The second kappa shape index (κ2) is 6.76. The Hall–Kier alpha value is -3.75. The van der Waals surface area contributed by atoms with Crippen LogP contribution in [0.25, 0.3) is 22.3 Å². The van der Waals surface area contributed by atoms with E-state index in [1.807, 2.05) is 0 Å². The molecular formula is C19H11F3N4O2. The summed E-state index contributed by atoms with van der Waals surface area (Å²) < 4.78 is 43.6. The standard InChI is InChI=1S/C19H11F3N4O2/c20-19(21,22)12-7-5-11(6-8-12)15-9-16(24-10-23-15)28-18-17(27)25-13-3-1-2-4-14(13)26-18/h1-10H,(H,25,27). The van der Waals surface area contributed by atoms with E-state index in [1.54, 1.807) is 24.3 Å². The smallest absolute Gasteiger partial charge is 0.416 e. The van der Waals surface area contributed by atoms with E-state index in [0.717, 1.165) is 12.1 Å². The molecule has 4 rings (SSSR count). The molecule has 0 aliphatic carbocycles. The van der Waals surface area contributed by atoms with Gasteiger partial charge >= 0.3 is 6.18 Å². The first kappa shape index (κ1) is 17.7. The van der Waals surface area contributed by atoms with Gasteiger partial charge in [-0.2, -0.15) is 13.2 Å². The Labute approximate surface area is 156 Å². The van der Waals surface area contributed by atoms with Crippen molar-refractivity contribution in [2.24, 2.45) is 0 Å². The molecule has 140 valence electrons. The van der Waals surface area contributed by atoms with Gasteiger partial charge in [-0.05, 0) is 24.3 Å². The maximum absolute atomic E-state index is 12.7. The molecule has 6 nitrogen and oxygen atoms in total. The molecule has 0 radical (unpaired) electrons. The third-order valence-electron chi connectivity index (χ3n) is 3.87. The van der Waals surface area contributed by atoms with Crippen LogP contribution >= 0.6 is 0 Å². The lowest BCUT2D eigenvalue weighted by Gasteiger charge is -2.09. The lowest BCUT2D eigenvalue weighted by Crippen LogP contribution is -2.04. The molecule has 1 N–H and O–H groups in total. The number of ether oxygens (including phenoxy) is 1. The van der Waals surface area contributed by atoms with Crippen molar-refractivity contribution in [2.45, 2.75) is 6.18 Å². The summed E-state index contributed by atoms with van der Waals surface area (Å²) in [6, 6.07) is 12.9. The van der Waals surface area contributed by atoms with Crippen LogP contribution in [-0.4, -0.2) is 25.0 Å². The van der Waals surface area contributed by atoms with Crippen LogP contribution in [-0.2, 0) is 6.18 Å². The van der Waals surface area contributed by atoms with E-state index in [2.05, 4.69) is 19.9 Å². The summed E-state index contributed by atoms with van der Waals surface area (Å²) in [4.78, 5) is 16.2. The van der Waals surface area contributed by atoms with Gasteiger partial charge in [0.1, 0.15) is 6.33 Å². The lowest BCUT2D eigenvalue weighted by molar-refractivity contribution is -0.137. The molecule has 0 bridgehead atoms. The molecule has 0 spiro atoms. The molecule has 2 aromatic carbocycles. The van der Waals surface area contributed by atoms with E-state index in [0.29, 0.717) is 22.3 Å². The van der Waals surface area contributed by atoms with E-state index in [1.165, 1.54) is 24.5 Å². The lowest BCUT2D eigenvalue weighted by atomic mass is 10.1. The highest BCUT2D eigenvalue weighted by molar-refractivity contribution is 5.75. The number of aromatic nitrogens is 4. The molecule has 4 aromatic rings. The number of aromatic hydroxyl groups is 1. The summed E-state index contributed by atoms with van der Waals surface area (Å²) in [6.45, 7) is 0. The fraction of sp³-hybridized carbons (Fsp3) is 0.0526. The van der Waals surface area contributed by atoms with Crippen LogP contribution in [0.3, 0.4) is 0 Å². The molecule has 0 atom stereocenters. The highest BCUT2D eigenvalue weighted by Gasteiger charge is 2.30. The number of benzene rings is 2. The molecule has 2 aromatic heterocycles. The first-order valence-electron chi connectivity index (χ1n) is 8.03. The molecular weight excluding hydrogens is 373 g/mol. The molecule has 0 saturated heterocycles. The largest absolute Gasteiger partial charge is 0.489 e. The first-order chi connectivity index (χ1) is 13.4. The summed E-state index contributed by atoms with van der Waals surface area (Å²) >= 11 is 0. The van der Waals surface area contributed by atoms with Crippen LogP contribution in [0.2, 0.25) is 0 Å². The molecule has 0 amide bonds. The Balaban J connectivity index is 1.63. The Morgan fingerprint density at radius 3 is 2.21 bits per heavy atom. The number of halogens is 3. The predicted octanol–water partition coefficient (Wildman–Crippen LogP) is 4.60. The van der Waals surface area contributed by atoms with Crippen molar-refractivity contribution in [3.8, 4) is 28.9 Å². The quantitative estimate of drug-likeness (QED) is 0.556. The zero-order chi connectivity index (χ0) is 19.7. The van der Waals surface area contributed by atoms with Crippen LogP contribution in [0, 0.1) is 0 Å². The van der Waals surface area contributed by atoms with Gasteiger partial charge in [-0.3, -0.25) is 0 Å². The third kappa shape index (κ3) is 3.54. The van der Waals surface area contributed by atoms with Crippen LogP contribution in [0.15, 0.2) is 60.9 Å². The Bertz CT molecular complexity index is 1150. The Morgan fingerprint density at radius 2 is 1.54 bits per heavy atom. The van der Waals surface area contributed by atoms with Gasteiger partial charge in [0, 0.05) is 11.6 Å². The predicted molar refractivity (Wildman–Crippen MR) is 93.7 cm³/mol. The number of rotatable bonds is 3. The van der Waals surface area contributed by atoms with Crippen LogP contribution in [0.4, 0.5) is 13.2 Å². The third-order valence-corrected chi connectivity index (χ3v) is 3.87. The van der Waals surface area contributed by atoms with Gasteiger partial charge in [0.2, 0.25) is 5.88 Å². The Kier molecular flexibility index (Phi) is 4.26. The minimum absolute atomic E-state index is 0.0600. The number of fused-ring (bicyclic) bond motifs is 1. The van der Waals surface area contributed by atoms with E-state index in [9.17, 15) is 18.3 Å². The fourth-order valence-corrected chi connectivity index (χ4v) is 2.53. The van der Waals surface area contributed by atoms with Gasteiger partial charge in [0.15, 0.2) is 0 Å². The summed E-state index contributed by atoms with van der Waals surface area (Å²) in [5.74, 6) is -0.492. The van der Waals surface area contributed by atoms with E-state index in [-0.39, 0.29) is 11.8 Å². The van der Waals surface area contributed by atoms with Gasteiger partial charge in [0.25, 0.3) is 11.8 Å². The van der Waals surface area contributed by atoms with Crippen LogP contribution in [0.5, 0.6) is 17.6 Å². The average Bonchev–Trinajstić information content (AvgIpc) is 2.68. The number of alkyl halides is 3. The molecule has 0 unspecified atom stereocenters. The SMILES string of the molecule is Oc1nc2ccccc2nc1Oc1cc(-c2ccc(C(F)(F)F)cc2)ncn1. The first-order valence-corrected chi connectivity index (χ1v) is 8.03. The van der Waals surface area contributed by atoms with Crippen molar-refractivity contribution >= 4 is 11.0 Å². The average molecular weight is 384 g/mol. The van der Waals surface area contributed by atoms with E-state index >= 15 is 0 Å². The van der Waals surface area contributed by atoms with E-state index in [4.69, 9.17) is 4.74 Å². The van der Waals surface area contributed by atoms with Crippen molar-refractivity contribution in [1.82, 2.24) is 19.9 Å². The zero-order valence-electron chi connectivity index (χ0n) is 14.1. The summed E-state index contributed by atoms with van der Waals surface area (Å²) in [7, 11) is 0. The van der Waals surface area contributed by atoms with Gasteiger partial charge in [-0.25, -0.2) is 19.9 Å². The molecule has 0 aliphatic rings. The maximum atomic E-state index is 12.7. The van der Waals surface area contributed by atoms with Crippen molar-refractivity contribution in [2.75, 3.05) is 0 Å². The summed E-state index contributed by atoms with van der Waals surface area (Å²) in [6.07, 6.45) is -3.21. The van der Waals surface area contributed by atoms with Gasteiger partial charge in [-0.15, -0.1) is 0 Å². The van der Waals surface area contributed by atoms with Crippen LogP contribution in [0.1, 0.15) is 5.56 Å². The van der Waals surface area contributed by atoms with E-state index < -0.39 is 17.6 Å². The highest BCUT2D eigenvalue weighted by atomic mass is 19.4. The minimum atomic E-state index is -4.41. The number of hydrogen-bond acceptors (Lipinski definition) is 6. The normalized spacial score (nSPS) is 11.5. The van der Waals surface area contributed by atoms with Crippen molar-refractivity contribution in [3.05, 3.63) is 66.5 Å². The molecule has 2 heterocycles. The molecule has 9 heteroatoms. The van der Waals surface area contributed by atoms with Crippen molar-refractivity contribution in [3.63, 3.8) is 0 Å². The summed E-state index contributed by atoms with van der Waals surface area (Å²) in [5, 5.41) is 10.0. The Morgan fingerprint density at radius 1 is 0.857 bits per heavy atom. The second-order valence-corrected chi connectivity index (χ2v) is 5.76. The number of para-hydroxylation sites is 2. The van der Waals surface area contributed by atoms with Crippen molar-refractivity contribution < 1.29 is 23.0 Å². The van der Waals surface area contributed by atoms with Crippen molar-refractivity contribution in [1.29, 1.82) is 0 Å². The number of nitrogens with zero attached hydrogens (tertiary/aromatic N) is 4. The maximum Gasteiger partial charge on any atom is 0.416 e. The fourth-order valence-electron chi connectivity index (χ4n) is 2.53. The molecule has 0 aliphatic heterocycles. The monoisotopic (exact) mass is 384 g/mol. The minimum Gasteiger partial charge on any atom is -0.489 e. The zero-order valence-corrected chi connectivity index (χ0v) is 14.1.